The van der Waals surface area contributed by atoms with E-state index in [9.17, 15) is 0 Å². The van der Waals surface area contributed by atoms with Crippen molar-refractivity contribution >= 4 is 20.4 Å². The lowest BCUT2D eigenvalue weighted by Gasteiger charge is -2.29. The van der Waals surface area contributed by atoms with Crippen LogP contribution in [0.4, 0.5) is 0 Å². The van der Waals surface area contributed by atoms with E-state index in [1.54, 1.807) is 7.11 Å². The second-order valence-electron chi connectivity index (χ2n) is 4.98. The summed E-state index contributed by atoms with van der Waals surface area (Å²) in [6, 6.07) is 0.772. The quantitative estimate of drug-likeness (QED) is 0.401. The van der Waals surface area contributed by atoms with Crippen LogP contribution in [0.15, 0.2) is 0 Å². The largest absolute Gasteiger partial charge is 0.500 e. The molecular formula is C12H29ClN2O3Si. The molecule has 0 heterocycles. The number of alkyl halides is 1. The molecule has 0 aromatic heterocycles. The van der Waals surface area contributed by atoms with Crippen LogP contribution in [0.1, 0.15) is 6.42 Å². The summed E-state index contributed by atoms with van der Waals surface area (Å²) in [5, 5.41) is 0. The van der Waals surface area contributed by atoms with Gasteiger partial charge in [0.25, 0.3) is 0 Å². The Morgan fingerprint density at radius 1 is 0.947 bits per heavy atom. The Morgan fingerprint density at radius 3 is 1.74 bits per heavy atom. The maximum Gasteiger partial charge on any atom is 0.500 e. The topological polar surface area (TPSA) is 34.2 Å². The molecule has 0 aromatic rings. The fourth-order valence-corrected chi connectivity index (χ4v) is 4.04. The first kappa shape index (κ1) is 19.3. The molecule has 5 nitrogen and oxygen atoms in total. The molecule has 0 aromatic carbocycles. The van der Waals surface area contributed by atoms with Gasteiger partial charge >= 0.3 is 8.80 Å². The highest BCUT2D eigenvalue weighted by Crippen LogP contribution is 2.17. The van der Waals surface area contributed by atoms with Crippen molar-refractivity contribution in [2.75, 3.05) is 67.5 Å². The van der Waals surface area contributed by atoms with Crippen LogP contribution in [-0.4, -0.2) is 86.1 Å². The van der Waals surface area contributed by atoms with Gasteiger partial charge in [-0.25, -0.2) is 0 Å². The number of hydrogen-bond donors (Lipinski definition) is 0. The van der Waals surface area contributed by atoms with E-state index in [1.165, 1.54) is 0 Å². The molecule has 0 atom stereocenters. The zero-order valence-corrected chi connectivity index (χ0v) is 14.7. The third-order valence-electron chi connectivity index (χ3n) is 2.65. The standard InChI is InChI=1S/C12H29ClN2O3Si/c1-14(2)8-10-17-19(16-5,12-6-7-13)18-11-9-15(3)4/h6-12H2,1-5H3. The van der Waals surface area contributed by atoms with Gasteiger partial charge in [0.15, 0.2) is 0 Å². The first-order chi connectivity index (χ1) is 8.95. The third kappa shape index (κ3) is 9.78. The van der Waals surface area contributed by atoms with Crippen LogP contribution >= 0.6 is 11.6 Å². The van der Waals surface area contributed by atoms with E-state index in [2.05, 4.69) is 9.80 Å². The molecule has 0 aliphatic rings. The first-order valence-electron chi connectivity index (χ1n) is 6.64. The Balaban J connectivity index is 4.31. The number of halogens is 1. The van der Waals surface area contributed by atoms with Gasteiger partial charge in [0.05, 0.1) is 13.2 Å². The van der Waals surface area contributed by atoms with Crippen molar-refractivity contribution in [2.24, 2.45) is 0 Å². The molecule has 7 heteroatoms. The van der Waals surface area contributed by atoms with E-state index in [0.717, 1.165) is 25.6 Å². The summed E-state index contributed by atoms with van der Waals surface area (Å²) in [6.07, 6.45) is 0.853. The minimum absolute atomic E-state index is 0.603. The lowest BCUT2D eigenvalue weighted by molar-refractivity contribution is 0.0671. The minimum Gasteiger partial charge on any atom is -0.377 e. The average molecular weight is 313 g/mol. The molecule has 116 valence electrons. The van der Waals surface area contributed by atoms with E-state index >= 15 is 0 Å². The van der Waals surface area contributed by atoms with Crippen LogP contribution in [0.2, 0.25) is 6.04 Å². The normalized spacial score (nSPS) is 12.6. The van der Waals surface area contributed by atoms with Crippen LogP contribution in [0, 0.1) is 0 Å². The molecule has 0 aliphatic carbocycles. The predicted octanol–water partition coefficient (Wildman–Crippen LogP) is 1.36. The summed E-state index contributed by atoms with van der Waals surface area (Å²) >= 11 is 5.77. The van der Waals surface area contributed by atoms with Crippen molar-refractivity contribution in [2.45, 2.75) is 12.5 Å². The van der Waals surface area contributed by atoms with Crippen molar-refractivity contribution in [3.63, 3.8) is 0 Å². The Hall–Kier alpha value is 0.307. The van der Waals surface area contributed by atoms with Gasteiger partial charge in [0.2, 0.25) is 0 Å². The predicted molar refractivity (Wildman–Crippen MR) is 81.9 cm³/mol. The lowest BCUT2D eigenvalue weighted by Crippen LogP contribution is -2.47. The second kappa shape index (κ2) is 11.0. The molecule has 0 spiro atoms. The summed E-state index contributed by atoms with van der Waals surface area (Å²) in [5.41, 5.74) is 0. The van der Waals surface area contributed by atoms with Gasteiger partial charge in [0.1, 0.15) is 0 Å². The summed E-state index contributed by atoms with van der Waals surface area (Å²) < 4.78 is 17.5. The summed E-state index contributed by atoms with van der Waals surface area (Å²) in [5.74, 6) is 0.603. The van der Waals surface area contributed by atoms with Crippen LogP contribution in [0.5, 0.6) is 0 Å². The number of rotatable bonds is 12. The molecule has 0 aliphatic heterocycles. The van der Waals surface area contributed by atoms with Gasteiger partial charge in [-0.05, 0) is 34.6 Å². The van der Waals surface area contributed by atoms with Crippen molar-refractivity contribution in [1.29, 1.82) is 0 Å². The second-order valence-corrected chi connectivity index (χ2v) is 8.21. The molecule has 0 radical (unpaired) electrons. The maximum absolute atomic E-state index is 5.95. The molecule has 0 bridgehead atoms. The SMILES string of the molecule is CO[Si](CCCCl)(OCCN(C)C)OCCN(C)C. The molecule has 0 rings (SSSR count). The molecule has 19 heavy (non-hydrogen) atoms. The van der Waals surface area contributed by atoms with Gasteiger partial charge in [-0.1, -0.05) is 0 Å². The zero-order valence-electron chi connectivity index (χ0n) is 12.9. The third-order valence-corrected chi connectivity index (χ3v) is 5.79. The molecular weight excluding hydrogens is 284 g/mol. The molecule has 0 fully saturated rings. The van der Waals surface area contributed by atoms with E-state index in [1.807, 2.05) is 28.2 Å². The van der Waals surface area contributed by atoms with Gasteiger partial charge in [-0.2, -0.15) is 0 Å². The van der Waals surface area contributed by atoms with E-state index in [4.69, 9.17) is 24.9 Å². The molecule has 0 amide bonds. The van der Waals surface area contributed by atoms with Gasteiger partial charge in [-0.3, -0.25) is 0 Å². The van der Waals surface area contributed by atoms with E-state index in [0.29, 0.717) is 19.1 Å². The fraction of sp³-hybridized carbons (Fsp3) is 1.00. The zero-order chi connectivity index (χ0) is 14.7. The van der Waals surface area contributed by atoms with E-state index in [-0.39, 0.29) is 0 Å². The highest BCUT2D eigenvalue weighted by atomic mass is 35.5. The first-order valence-corrected chi connectivity index (χ1v) is 9.11. The van der Waals surface area contributed by atoms with Crippen molar-refractivity contribution < 1.29 is 13.3 Å². The van der Waals surface area contributed by atoms with E-state index < -0.39 is 8.80 Å². The molecule has 0 saturated carbocycles. The average Bonchev–Trinajstić information content (AvgIpc) is 2.34. The Bertz CT molecular complexity index is 207. The minimum atomic E-state index is -2.56. The van der Waals surface area contributed by atoms with Crippen molar-refractivity contribution in [1.82, 2.24) is 9.80 Å². The van der Waals surface area contributed by atoms with Gasteiger partial charge < -0.3 is 23.1 Å². The van der Waals surface area contributed by atoms with Crippen LogP contribution in [-0.2, 0) is 13.3 Å². The molecule has 0 saturated heterocycles. The smallest absolute Gasteiger partial charge is 0.377 e. The Morgan fingerprint density at radius 2 is 1.42 bits per heavy atom. The molecule has 0 N–H and O–H groups in total. The number of nitrogens with zero attached hydrogens (tertiary/aromatic N) is 2. The Kier molecular flexibility index (Phi) is 11.2. The van der Waals surface area contributed by atoms with Gasteiger partial charge in [0, 0.05) is 32.1 Å². The number of hydrogen-bond acceptors (Lipinski definition) is 5. The van der Waals surface area contributed by atoms with Crippen LogP contribution in [0.25, 0.3) is 0 Å². The summed E-state index contributed by atoms with van der Waals surface area (Å²) in [6.45, 7) is 2.96. The number of likely N-dealkylation sites (N-methyl/N-ethyl adjacent to an activating group) is 2. The van der Waals surface area contributed by atoms with Crippen LogP contribution in [0.3, 0.4) is 0 Å². The highest BCUT2D eigenvalue weighted by molar-refractivity contribution is 6.60. The molecule has 0 unspecified atom stereocenters. The summed E-state index contributed by atoms with van der Waals surface area (Å²) in [7, 11) is 7.19. The highest BCUT2D eigenvalue weighted by Gasteiger charge is 2.39. The van der Waals surface area contributed by atoms with Crippen LogP contribution < -0.4 is 0 Å². The van der Waals surface area contributed by atoms with Crippen molar-refractivity contribution in [3.8, 4) is 0 Å². The summed E-state index contributed by atoms with van der Waals surface area (Å²) in [4.78, 5) is 4.16. The monoisotopic (exact) mass is 312 g/mol. The van der Waals surface area contributed by atoms with Gasteiger partial charge in [-0.15, -0.1) is 11.6 Å². The van der Waals surface area contributed by atoms with Crippen molar-refractivity contribution in [3.05, 3.63) is 0 Å². The maximum atomic E-state index is 5.95. The lowest BCUT2D eigenvalue weighted by atomic mass is 10.6. The Labute approximate surface area is 124 Å². The fourth-order valence-electron chi connectivity index (χ4n) is 1.46.